The number of amides is 1. The number of benzene rings is 2. The van der Waals surface area contributed by atoms with Gasteiger partial charge in [0.15, 0.2) is 0 Å². The van der Waals surface area contributed by atoms with Gasteiger partial charge in [0.05, 0.1) is 42.6 Å². The maximum Gasteiger partial charge on any atom is 0.338 e. The molecule has 1 amide bonds. The summed E-state index contributed by atoms with van der Waals surface area (Å²) in [5.41, 5.74) is 0.999. The van der Waals surface area contributed by atoms with Crippen LogP contribution in [0.3, 0.4) is 0 Å². The molecule has 1 aliphatic rings. The number of hydrogen-bond acceptors (Lipinski definition) is 6. The van der Waals surface area contributed by atoms with Crippen molar-refractivity contribution in [2.45, 2.75) is 25.7 Å². The number of ether oxygens (including phenoxy) is 2. The van der Waals surface area contributed by atoms with Crippen LogP contribution in [0.4, 0.5) is 5.69 Å². The predicted molar refractivity (Wildman–Crippen MR) is 113 cm³/mol. The number of hydrogen-bond donors (Lipinski definition) is 0. The zero-order valence-electron chi connectivity index (χ0n) is 17.3. The molecule has 1 atom stereocenters. The van der Waals surface area contributed by atoms with Gasteiger partial charge in [-0.05, 0) is 37.4 Å². The first kappa shape index (κ1) is 19.8. The number of carbonyl (C=O) groups excluding carboxylic acids is 3. The van der Waals surface area contributed by atoms with Crippen molar-refractivity contribution in [3.63, 3.8) is 0 Å². The number of aromatic nitrogens is 1. The summed E-state index contributed by atoms with van der Waals surface area (Å²) in [5.74, 6) is -1.16. The molecule has 30 heavy (non-hydrogen) atoms. The van der Waals surface area contributed by atoms with Gasteiger partial charge in [0.2, 0.25) is 5.91 Å². The highest BCUT2D eigenvalue weighted by Crippen LogP contribution is 2.45. The van der Waals surface area contributed by atoms with Crippen molar-refractivity contribution in [3.8, 4) is 0 Å². The van der Waals surface area contributed by atoms with Crippen molar-refractivity contribution in [3.05, 3.63) is 47.7 Å². The number of esters is 2. The van der Waals surface area contributed by atoms with Crippen molar-refractivity contribution in [1.82, 2.24) is 4.98 Å². The molecule has 2 heterocycles. The molecule has 7 nitrogen and oxygen atoms in total. The summed E-state index contributed by atoms with van der Waals surface area (Å²) < 4.78 is 9.95. The zero-order valence-corrected chi connectivity index (χ0v) is 17.3. The van der Waals surface area contributed by atoms with Crippen molar-refractivity contribution in [2.24, 2.45) is 0 Å². The monoisotopic (exact) mass is 406 g/mol. The molecule has 0 bridgehead atoms. The van der Waals surface area contributed by atoms with Gasteiger partial charge >= 0.3 is 11.9 Å². The van der Waals surface area contributed by atoms with Crippen LogP contribution in [0.15, 0.2) is 36.4 Å². The van der Waals surface area contributed by atoms with Crippen molar-refractivity contribution >= 4 is 45.2 Å². The van der Waals surface area contributed by atoms with Crippen LogP contribution < -0.4 is 4.90 Å². The van der Waals surface area contributed by atoms with E-state index in [1.807, 2.05) is 24.3 Å². The Morgan fingerprint density at radius 1 is 1.17 bits per heavy atom. The molecule has 7 heteroatoms. The first-order valence-electron chi connectivity index (χ1n) is 9.71. The van der Waals surface area contributed by atoms with Gasteiger partial charge in [-0.15, -0.1) is 0 Å². The minimum Gasteiger partial charge on any atom is -0.469 e. The second-order valence-electron chi connectivity index (χ2n) is 7.56. The van der Waals surface area contributed by atoms with E-state index in [2.05, 4.69) is 0 Å². The van der Waals surface area contributed by atoms with E-state index in [0.717, 1.165) is 21.8 Å². The Balaban J connectivity index is 2.06. The van der Waals surface area contributed by atoms with E-state index in [0.29, 0.717) is 16.8 Å². The maximum absolute atomic E-state index is 13.3. The lowest BCUT2D eigenvalue weighted by Crippen LogP contribution is -2.48. The average Bonchev–Trinajstić information content (AvgIpc) is 2.75. The summed E-state index contributed by atoms with van der Waals surface area (Å²) in [4.78, 5) is 44.0. The molecule has 2 aromatic carbocycles. The summed E-state index contributed by atoms with van der Waals surface area (Å²) in [6.07, 6.45) is -0.133. The fourth-order valence-electron chi connectivity index (χ4n) is 4.16. The molecule has 0 fully saturated rings. The molecule has 1 aromatic heterocycles. The summed E-state index contributed by atoms with van der Waals surface area (Å²) in [6, 6.07) is 10.9. The van der Waals surface area contributed by atoms with E-state index in [-0.39, 0.29) is 18.9 Å². The molecule has 0 saturated carbocycles. The van der Waals surface area contributed by atoms with Crippen LogP contribution >= 0.6 is 0 Å². The minimum atomic E-state index is -1.19. The van der Waals surface area contributed by atoms with Crippen molar-refractivity contribution in [2.75, 3.05) is 25.7 Å². The maximum atomic E-state index is 13.3. The van der Waals surface area contributed by atoms with Gasteiger partial charge < -0.3 is 14.4 Å². The molecule has 0 saturated heterocycles. The molecule has 0 radical (unpaired) electrons. The molecular weight excluding hydrogens is 384 g/mol. The van der Waals surface area contributed by atoms with Crippen LogP contribution in [-0.2, 0) is 24.5 Å². The normalized spacial score (nSPS) is 18.0. The third-order valence-electron chi connectivity index (χ3n) is 5.70. The van der Waals surface area contributed by atoms with E-state index in [9.17, 15) is 14.4 Å². The highest BCUT2D eigenvalue weighted by atomic mass is 16.5. The van der Waals surface area contributed by atoms with Crippen LogP contribution in [0.5, 0.6) is 0 Å². The van der Waals surface area contributed by atoms with Gasteiger partial charge in [0.25, 0.3) is 0 Å². The third kappa shape index (κ3) is 2.81. The number of carbonyl (C=O) groups is 3. The van der Waals surface area contributed by atoms with E-state index >= 15 is 0 Å². The predicted octanol–water partition coefficient (Wildman–Crippen LogP) is 3.36. The lowest BCUT2D eigenvalue weighted by molar-refractivity contribution is -0.144. The van der Waals surface area contributed by atoms with Gasteiger partial charge in [-0.1, -0.05) is 18.2 Å². The summed E-state index contributed by atoms with van der Waals surface area (Å²) in [6.45, 7) is 3.73. The number of likely N-dealkylation sites (N-methyl/N-ethyl adjacent to an activating group) is 1. The quantitative estimate of drug-likeness (QED) is 0.488. The SMILES string of the molecule is CCOC(=O)c1ccc2c(c1)nc1c3c(cccc32)N(C)C(=O)C1(C)CC(=O)OC. The molecule has 4 rings (SSSR count). The summed E-state index contributed by atoms with van der Waals surface area (Å²) in [5, 5.41) is 2.58. The lowest BCUT2D eigenvalue weighted by atomic mass is 9.76. The number of nitrogens with zero attached hydrogens (tertiary/aromatic N) is 2. The molecule has 0 aliphatic carbocycles. The number of anilines is 1. The van der Waals surface area contributed by atoms with E-state index in [4.69, 9.17) is 14.5 Å². The average molecular weight is 406 g/mol. The fraction of sp³-hybridized carbons (Fsp3) is 0.304. The molecule has 1 aliphatic heterocycles. The Morgan fingerprint density at radius 3 is 2.63 bits per heavy atom. The lowest BCUT2D eigenvalue weighted by Gasteiger charge is -2.38. The van der Waals surface area contributed by atoms with E-state index in [1.165, 1.54) is 7.11 Å². The van der Waals surface area contributed by atoms with Gasteiger partial charge in [-0.25, -0.2) is 4.79 Å². The summed E-state index contributed by atoms with van der Waals surface area (Å²) >= 11 is 0. The molecule has 154 valence electrons. The highest BCUT2D eigenvalue weighted by Gasteiger charge is 2.46. The Bertz CT molecular complexity index is 1220. The zero-order chi connectivity index (χ0) is 21.6. The standard InChI is InChI=1S/C23H22N2O5/c1-5-30-21(27)13-9-10-14-15-7-6-8-17-19(15)20(24-16(14)11-13)23(2,12-18(26)29-4)22(28)25(17)3/h6-11H,5,12H2,1-4H3. The molecule has 1 unspecified atom stereocenters. The molecular formula is C23H22N2O5. The fourth-order valence-corrected chi connectivity index (χ4v) is 4.16. The van der Waals surface area contributed by atoms with E-state index in [1.54, 1.807) is 37.9 Å². The van der Waals surface area contributed by atoms with Gasteiger partial charge in [-0.3, -0.25) is 14.6 Å². The first-order valence-corrected chi connectivity index (χ1v) is 9.71. The second kappa shape index (κ2) is 7.09. The van der Waals surface area contributed by atoms with Crippen LogP contribution in [-0.4, -0.2) is 43.6 Å². The number of pyridine rings is 1. The second-order valence-corrected chi connectivity index (χ2v) is 7.56. The Morgan fingerprint density at radius 2 is 1.93 bits per heavy atom. The van der Waals surface area contributed by atoms with Crippen LogP contribution in [0.1, 0.15) is 36.3 Å². The third-order valence-corrected chi connectivity index (χ3v) is 5.70. The smallest absolute Gasteiger partial charge is 0.338 e. The number of rotatable bonds is 4. The largest absolute Gasteiger partial charge is 0.469 e. The van der Waals surface area contributed by atoms with Crippen LogP contribution in [0.25, 0.3) is 21.7 Å². The van der Waals surface area contributed by atoms with Gasteiger partial charge in [0.1, 0.15) is 5.41 Å². The molecule has 0 N–H and O–H groups in total. The summed E-state index contributed by atoms with van der Waals surface area (Å²) in [7, 11) is 3.00. The Hall–Kier alpha value is -3.48. The minimum absolute atomic E-state index is 0.133. The molecule has 0 spiro atoms. The number of methoxy groups -OCH3 is 1. The van der Waals surface area contributed by atoms with Crippen molar-refractivity contribution < 1.29 is 23.9 Å². The Kier molecular flexibility index (Phi) is 4.68. The van der Waals surface area contributed by atoms with E-state index < -0.39 is 17.4 Å². The number of fused-ring (bicyclic) bond motifs is 2. The topological polar surface area (TPSA) is 85.8 Å². The first-order chi connectivity index (χ1) is 14.3. The molecule has 3 aromatic rings. The van der Waals surface area contributed by atoms with Crippen LogP contribution in [0.2, 0.25) is 0 Å². The Labute approximate surface area is 173 Å². The highest BCUT2D eigenvalue weighted by molar-refractivity contribution is 6.20. The van der Waals surface area contributed by atoms with Crippen LogP contribution in [0, 0.1) is 0 Å². The van der Waals surface area contributed by atoms with Gasteiger partial charge in [-0.2, -0.15) is 0 Å². The van der Waals surface area contributed by atoms with Crippen molar-refractivity contribution in [1.29, 1.82) is 0 Å². The van der Waals surface area contributed by atoms with Gasteiger partial charge in [0, 0.05) is 17.8 Å².